The molecule has 1 unspecified atom stereocenters. The number of thioether (sulfide) groups is 1. The fourth-order valence-corrected chi connectivity index (χ4v) is 4.21. The number of amides is 1. The Morgan fingerprint density at radius 2 is 2.04 bits per heavy atom. The zero-order chi connectivity index (χ0) is 19.3. The van der Waals surface area contributed by atoms with Crippen LogP contribution in [-0.2, 0) is 12.0 Å². The van der Waals surface area contributed by atoms with Gasteiger partial charge in [-0.2, -0.15) is 0 Å². The molecule has 0 aromatic heterocycles. The maximum Gasteiger partial charge on any atom is 0.255 e. The van der Waals surface area contributed by atoms with E-state index < -0.39 is 0 Å². The Balaban J connectivity index is 1.72. The molecule has 1 aliphatic heterocycles. The van der Waals surface area contributed by atoms with E-state index in [-0.39, 0.29) is 11.4 Å². The summed E-state index contributed by atoms with van der Waals surface area (Å²) in [4.78, 5) is 17.2. The van der Waals surface area contributed by atoms with Gasteiger partial charge in [0.1, 0.15) is 0 Å². The third-order valence-corrected chi connectivity index (χ3v) is 5.77. The topological polar surface area (TPSA) is 67.5 Å². The first-order chi connectivity index (χ1) is 13.0. The number of carbonyl (C=O) groups is 1. The van der Waals surface area contributed by atoms with Gasteiger partial charge in [0.2, 0.25) is 0 Å². The number of nitrogens with zero attached hydrogens (tertiary/aromatic N) is 1. The number of nitrogens with one attached hydrogen (secondary N) is 1. The van der Waals surface area contributed by atoms with E-state index in [0.717, 1.165) is 29.8 Å². The van der Waals surface area contributed by atoms with E-state index >= 15 is 0 Å². The molecule has 142 valence electrons. The fourth-order valence-electron chi connectivity index (χ4n) is 3.23. The number of carbonyl (C=O) groups excluding carboxylic acids is 1. The Morgan fingerprint density at radius 1 is 1.26 bits per heavy atom. The second-order valence-electron chi connectivity index (χ2n) is 7.16. The zero-order valence-corrected chi connectivity index (χ0v) is 16.8. The Bertz CT molecular complexity index is 832. The molecule has 0 fully saturated rings. The minimum Gasteiger partial charge on any atom is -0.379 e. The zero-order valence-electron chi connectivity index (χ0n) is 16.0. The normalized spacial score (nSPS) is 19.4. The summed E-state index contributed by atoms with van der Waals surface area (Å²) < 4.78 is 0. The molecule has 27 heavy (non-hydrogen) atoms. The molecule has 3 N–H and O–H groups in total. The van der Waals surface area contributed by atoms with Crippen molar-refractivity contribution in [3.05, 3.63) is 65.2 Å². The summed E-state index contributed by atoms with van der Waals surface area (Å²) in [5.74, 6) is 0.855. The van der Waals surface area contributed by atoms with E-state index in [1.807, 2.05) is 48.5 Å². The van der Waals surface area contributed by atoms with Crippen LogP contribution in [0.1, 0.15) is 54.6 Å². The van der Waals surface area contributed by atoms with Gasteiger partial charge in [0.15, 0.2) is 5.17 Å². The van der Waals surface area contributed by atoms with Crippen LogP contribution < -0.4 is 11.1 Å². The van der Waals surface area contributed by atoms with Crippen molar-refractivity contribution in [1.29, 1.82) is 0 Å². The van der Waals surface area contributed by atoms with Crippen LogP contribution in [0.25, 0.3) is 0 Å². The van der Waals surface area contributed by atoms with Crippen LogP contribution in [0.4, 0.5) is 5.69 Å². The van der Waals surface area contributed by atoms with Gasteiger partial charge in [-0.25, -0.2) is 0 Å². The number of nitrogens with two attached hydrogens (primary N) is 1. The number of unbranched alkanes of at least 4 members (excludes halogenated alkanes) is 1. The molecule has 1 heterocycles. The largest absolute Gasteiger partial charge is 0.379 e. The minimum absolute atomic E-state index is 0.0958. The third-order valence-electron chi connectivity index (χ3n) is 4.97. The smallest absolute Gasteiger partial charge is 0.255 e. The van der Waals surface area contributed by atoms with E-state index in [4.69, 9.17) is 5.73 Å². The van der Waals surface area contributed by atoms with Crippen molar-refractivity contribution in [3.8, 4) is 0 Å². The molecule has 0 spiro atoms. The molecule has 2 aromatic rings. The van der Waals surface area contributed by atoms with Crippen LogP contribution in [0.15, 0.2) is 53.5 Å². The van der Waals surface area contributed by atoms with E-state index in [2.05, 4.69) is 24.2 Å². The van der Waals surface area contributed by atoms with Crippen molar-refractivity contribution in [1.82, 2.24) is 0 Å². The molecule has 5 heteroatoms. The molecule has 1 amide bonds. The number of rotatable bonds is 6. The first-order valence-electron chi connectivity index (χ1n) is 9.49. The van der Waals surface area contributed by atoms with Crippen LogP contribution in [0.5, 0.6) is 0 Å². The summed E-state index contributed by atoms with van der Waals surface area (Å²) in [6.07, 6.45) is 4.32. The molecule has 0 aliphatic carbocycles. The molecule has 1 aliphatic rings. The molecule has 0 radical (unpaired) electrons. The summed E-state index contributed by atoms with van der Waals surface area (Å²) in [7, 11) is 0. The van der Waals surface area contributed by atoms with Crippen molar-refractivity contribution in [2.24, 2.45) is 10.7 Å². The van der Waals surface area contributed by atoms with Crippen LogP contribution in [0.3, 0.4) is 0 Å². The van der Waals surface area contributed by atoms with Crippen molar-refractivity contribution in [3.63, 3.8) is 0 Å². The average molecular weight is 382 g/mol. The first kappa shape index (κ1) is 19.5. The maximum absolute atomic E-state index is 12.6. The molecule has 0 saturated heterocycles. The molecule has 0 saturated carbocycles. The highest BCUT2D eigenvalue weighted by Gasteiger charge is 2.29. The molecular formula is C22H27N3OS. The number of aliphatic imine (C=N–C) groups is 1. The van der Waals surface area contributed by atoms with Gasteiger partial charge in [-0.3, -0.25) is 9.79 Å². The summed E-state index contributed by atoms with van der Waals surface area (Å²) in [6.45, 7) is 4.28. The van der Waals surface area contributed by atoms with Crippen LogP contribution >= 0.6 is 11.8 Å². The fraction of sp³-hybridized carbons (Fsp3) is 0.364. The second kappa shape index (κ2) is 8.61. The molecule has 0 bridgehead atoms. The number of hydrogen-bond acceptors (Lipinski definition) is 4. The van der Waals surface area contributed by atoms with Gasteiger partial charge in [-0.05, 0) is 61.6 Å². The summed E-state index contributed by atoms with van der Waals surface area (Å²) in [5.41, 5.74) is 9.38. The number of hydrogen-bond donors (Lipinski definition) is 2. The van der Waals surface area contributed by atoms with E-state index in [0.29, 0.717) is 10.7 Å². The van der Waals surface area contributed by atoms with Crippen LogP contribution in [0, 0.1) is 0 Å². The number of benzene rings is 2. The minimum atomic E-state index is -0.336. The van der Waals surface area contributed by atoms with Crippen LogP contribution in [-0.4, -0.2) is 16.8 Å². The molecule has 4 nitrogen and oxygen atoms in total. The second-order valence-corrected chi connectivity index (χ2v) is 8.27. The predicted molar refractivity (Wildman–Crippen MR) is 115 cm³/mol. The Morgan fingerprint density at radius 3 is 2.74 bits per heavy atom. The average Bonchev–Trinajstić information content (AvgIpc) is 2.67. The van der Waals surface area contributed by atoms with Gasteiger partial charge in [-0.1, -0.05) is 49.4 Å². The van der Waals surface area contributed by atoms with Gasteiger partial charge in [-0.15, -0.1) is 0 Å². The van der Waals surface area contributed by atoms with Gasteiger partial charge < -0.3 is 11.1 Å². The van der Waals surface area contributed by atoms with Gasteiger partial charge in [0.05, 0.1) is 5.54 Å². The first-order valence-corrected chi connectivity index (χ1v) is 10.5. The molecule has 2 aromatic carbocycles. The lowest BCUT2D eigenvalue weighted by molar-refractivity contribution is 0.102. The summed E-state index contributed by atoms with van der Waals surface area (Å²) in [6, 6.07) is 15.8. The monoisotopic (exact) mass is 381 g/mol. The number of amidine groups is 1. The predicted octanol–water partition coefficient (Wildman–Crippen LogP) is 4.95. The van der Waals surface area contributed by atoms with E-state index in [9.17, 15) is 4.79 Å². The molecule has 3 rings (SSSR count). The van der Waals surface area contributed by atoms with Crippen LogP contribution in [0.2, 0.25) is 0 Å². The molecule has 1 atom stereocenters. The highest BCUT2D eigenvalue weighted by atomic mass is 32.2. The lowest BCUT2D eigenvalue weighted by atomic mass is 9.89. The molecular weight excluding hydrogens is 354 g/mol. The van der Waals surface area contributed by atoms with Crippen molar-refractivity contribution in [2.45, 2.75) is 45.1 Å². The third kappa shape index (κ3) is 4.92. The Labute approximate surface area is 165 Å². The Hall–Kier alpha value is -2.27. The van der Waals surface area contributed by atoms with Crippen molar-refractivity contribution < 1.29 is 4.79 Å². The Kier molecular flexibility index (Phi) is 6.22. The van der Waals surface area contributed by atoms with Gasteiger partial charge >= 0.3 is 0 Å². The summed E-state index contributed by atoms with van der Waals surface area (Å²) in [5, 5.41) is 3.63. The maximum atomic E-state index is 12.6. The lowest BCUT2D eigenvalue weighted by Crippen LogP contribution is -2.28. The number of aryl methyl sites for hydroxylation is 1. The van der Waals surface area contributed by atoms with Gasteiger partial charge in [0, 0.05) is 17.0 Å². The highest BCUT2D eigenvalue weighted by Crippen LogP contribution is 2.35. The SMILES string of the molecule is CCCCc1ccc(C(=O)Nc2cccc(C3(C)CCSC(N)=N3)c2)cc1. The van der Waals surface area contributed by atoms with Gasteiger partial charge in [0.25, 0.3) is 5.91 Å². The highest BCUT2D eigenvalue weighted by molar-refractivity contribution is 8.13. The van der Waals surface area contributed by atoms with E-state index in [1.165, 1.54) is 18.4 Å². The van der Waals surface area contributed by atoms with Crippen molar-refractivity contribution in [2.75, 3.05) is 11.1 Å². The lowest BCUT2D eigenvalue weighted by Gasteiger charge is -2.30. The summed E-state index contributed by atoms with van der Waals surface area (Å²) >= 11 is 1.59. The van der Waals surface area contributed by atoms with Crippen molar-refractivity contribution >= 4 is 28.5 Å². The number of anilines is 1. The standard InChI is InChI=1S/C22H27N3OS/c1-3-4-6-16-9-11-17(12-10-16)20(26)24-19-8-5-7-18(15-19)22(2)13-14-27-21(23)25-22/h5,7-12,15H,3-4,6,13-14H2,1-2H3,(H2,23,25)(H,24,26). The quantitative estimate of drug-likeness (QED) is 0.744. The van der Waals surface area contributed by atoms with E-state index in [1.54, 1.807) is 11.8 Å².